The normalized spacial score (nSPS) is 12.8. The van der Waals surface area contributed by atoms with E-state index in [1.165, 1.54) is 0 Å². The van der Waals surface area contributed by atoms with Crippen molar-refractivity contribution in [2.75, 3.05) is 0 Å². The van der Waals surface area contributed by atoms with Gasteiger partial charge in [-0.05, 0) is 78.4 Å². The average molecular weight is 527 g/mol. The van der Waals surface area contributed by atoms with E-state index < -0.39 is 11.6 Å². The summed E-state index contributed by atoms with van der Waals surface area (Å²) in [4.78, 5) is 19.1. The van der Waals surface area contributed by atoms with Gasteiger partial charge in [-0.15, -0.1) is 5.10 Å². The van der Waals surface area contributed by atoms with Crippen molar-refractivity contribution in [3.8, 4) is 0 Å². The number of aryl methyl sites for hydroxylation is 1. The van der Waals surface area contributed by atoms with E-state index in [4.69, 9.17) is 11.6 Å². The Morgan fingerprint density at radius 2 is 1.71 bits per heavy atom. The van der Waals surface area contributed by atoms with Crippen LogP contribution >= 0.6 is 11.6 Å². The zero-order valence-electron chi connectivity index (χ0n) is 22.0. The molecule has 5 rings (SSSR count). The maximum atomic E-state index is 13.7. The topological polar surface area (TPSA) is 79.7 Å². The molecule has 5 aromatic rings. The summed E-state index contributed by atoms with van der Waals surface area (Å²) < 4.78 is 1.81. The molecular formula is C30H31ClN6O. The van der Waals surface area contributed by atoms with Crippen LogP contribution in [0.15, 0.2) is 83.7 Å². The molecule has 0 aliphatic heterocycles. The van der Waals surface area contributed by atoms with Crippen molar-refractivity contribution in [2.24, 2.45) is 0 Å². The molecular weight excluding hydrogens is 496 g/mol. The number of hydrogen-bond donors (Lipinski definition) is 1. The van der Waals surface area contributed by atoms with E-state index in [0.717, 1.165) is 27.6 Å². The summed E-state index contributed by atoms with van der Waals surface area (Å²) in [5, 5.41) is 14.5. The quantitative estimate of drug-likeness (QED) is 0.280. The third-order valence-electron chi connectivity index (χ3n) is 6.62. The van der Waals surface area contributed by atoms with Crippen molar-refractivity contribution in [3.63, 3.8) is 0 Å². The Labute approximate surface area is 227 Å². The van der Waals surface area contributed by atoms with Crippen molar-refractivity contribution >= 4 is 22.5 Å². The molecule has 0 amide bonds. The van der Waals surface area contributed by atoms with Gasteiger partial charge in [0.15, 0.2) is 5.82 Å². The molecule has 0 bridgehead atoms. The van der Waals surface area contributed by atoms with Gasteiger partial charge < -0.3 is 4.98 Å². The highest BCUT2D eigenvalue weighted by Crippen LogP contribution is 2.33. The van der Waals surface area contributed by atoms with Crippen LogP contribution in [0.3, 0.4) is 0 Å². The number of pyridine rings is 1. The predicted molar refractivity (Wildman–Crippen MR) is 151 cm³/mol. The van der Waals surface area contributed by atoms with E-state index in [0.29, 0.717) is 29.5 Å². The number of hydrogen-bond acceptors (Lipinski definition) is 5. The van der Waals surface area contributed by atoms with E-state index >= 15 is 0 Å². The van der Waals surface area contributed by atoms with Gasteiger partial charge in [0.05, 0.1) is 5.54 Å². The standard InChI is InChI=1S/C30H31ClN6O/c1-20-14-15-22-17-24(29(38)32-26(22)16-20)27(28-33-34-35-37(28)30(2,3)4)36(18-21-10-6-5-7-11-21)19-23-12-8-9-13-25(23)31/h5-17,27H,18-19H2,1-4H3,(H,32,38). The molecule has 1 N–H and O–H groups in total. The van der Waals surface area contributed by atoms with Crippen LogP contribution < -0.4 is 5.56 Å². The van der Waals surface area contributed by atoms with Crippen molar-refractivity contribution in [1.29, 1.82) is 0 Å². The zero-order chi connectivity index (χ0) is 26.9. The number of halogens is 1. The molecule has 0 aliphatic carbocycles. The van der Waals surface area contributed by atoms with Crippen molar-refractivity contribution in [2.45, 2.75) is 52.4 Å². The third-order valence-corrected chi connectivity index (χ3v) is 6.99. The highest BCUT2D eigenvalue weighted by atomic mass is 35.5. The van der Waals surface area contributed by atoms with Crippen LogP contribution in [-0.4, -0.2) is 30.1 Å². The maximum absolute atomic E-state index is 13.7. The lowest BCUT2D eigenvalue weighted by molar-refractivity contribution is 0.184. The summed E-state index contributed by atoms with van der Waals surface area (Å²) in [6.45, 7) is 9.20. The van der Waals surface area contributed by atoms with E-state index in [-0.39, 0.29) is 5.56 Å². The lowest BCUT2D eigenvalue weighted by Crippen LogP contribution is -2.37. The smallest absolute Gasteiger partial charge is 0.253 e. The second-order valence-corrected chi connectivity index (χ2v) is 11.1. The summed E-state index contributed by atoms with van der Waals surface area (Å²) in [5.41, 5.74) is 3.94. The molecule has 0 saturated carbocycles. The fourth-order valence-corrected chi connectivity index (χ4v) is 4.97. The van der Waals surface area contributed by atoms with Crippen LogP contribution in [0.1, 0.15) is 54.9 Å². The van der Waals surface area contributed by atoms with E-state index in [2.05, 4.69) is 37.5 Å². The van der Waals surface area contributed by atoms with Gasteiger partial charge in [0.2, 0.25) is 0 Å². The summed E-state index contributed by atoms with van der Waals surface area (Å²) in [7, 11) is 0. The third kappa shape index (κ3) is 5.39. The van der Waals surface area contributed by atoms with Crippen molar-refractivity contribution in [3.05, 3.63) is 122 Å². The van der Waals surface area contributed by atoms with Crippen LogP contribution in [0, 0.1) is 6.92 Å². The molecule has 1 atom stereocenters. The van der Waals surface area contributed by atoms with Gasteiger partial charge in [-0.25, -0.2) is 4.68 Å². The molecule has 8 heteroatoms. The van der Waals surface area contributed by atoms with E-state index in [1.54, 1.807) is 4.68 Å². The molecule has 2 heterocycles. The predicted octanol–water partition coefficient (Wildman–Crippen LogP) is 6.02. The van der Waals surface area contributed by atoms with Crippen LogP contribution in [0.25, 0.3) is 10.9 Å². The Morgan fingerprint density at radius 1 is 0.974 bits per heavy atom. The number of fused-ring (bicyclic) bond motifs is 1. The summed E-state index contributed by atoms with van der Waals surface area (Å²) in [5.74, 6) is 0.595. The first-order valence-electron chi connectivity index (χ1n) is 12.6. The molecule has 38 heavy (non-hydrogen) atoms. The van der Waals surface area contributed by atoms with E-state index in [1.807, 2.05) is 94.4 Å². The molecule has 3 aromatic carbocycles. The highest BCUT2D eigenvalue weighted by Gasteiger charge is 2.34. The number of H-pyrrole nitrogens is 1. The first-order chi connectivity index (χ1) is 18.2. The number of tetrazole rings is 1. The van der Waals surface area contributed by atoms with Gasteiger partial charge in [0.1, 0.15) is 6.04 Å². The van der Waals surface area contributed by atoms with Gasteiger partial charge in [-0.2, -0.15) is 0 Å². The van der Waals surface area contributed by atoms with Crippen LogP contribution in [0.5, 0.6) is 0 Å². The molecule has 7 nitrogen and oxygen atoms in total. The minimum absolute atomic E-state index is 0.172. The number of nitrogens with one attached hydrogen (secondary N) is 1. The lowest BCUT2D eigenvalue weighted by Gasteiger charge is -2.33. The minimum Gasteiger partial charge on any atom is -0.322 e. The Kier molecular flexibility index (Phi) is 7.15. The highest BCUT2D eigenvalue weighted by molar-refractivity contribution is 6.31. The average Bonchev–Trinajstić information content (AvgIpc) is 3.37. The molecule has 0 radical (unpaired) electrons. The Bertz CT molecular complexity index is 1620. The molecule has 2 aromatic heterocycles. The molecule has 194 valence electrons. The number of rotatable bonds is 7. The van der Waals surface area contributed by atoms with Crippen LogP contribution in [-0.2, 0) is 18.6 Å². The lowest BCUT2D eigenvalue weighted by atomic mass is 9.99. The SMILES string of the molecule is Cc1ccc2cc(C(c3nnnn3C(C)(C)C)N(Cc3ccccc3)Cc3ccccc3Cl)c(=O)[nH]c2c1. The molecule has 0 spiro atoms. The van der Waals surface area contributed by atoms with Gasteiger partial charge in [0.25, 0.3) is 5.56 Å². The monoisotopic (exact) mass is 526 g/mol. The van der Waals surface area contributed by atoms with Gasteiger partial charge in [0, 0.05) is 29.2 Å². The minimum atomic E-state index is -0.546. The second-order valence-electron chi connectivity index (χ2n) is 10.6. The van der Waals surface area contributed by atoms with Gasteiger partial charge >= 0.3 is 0 Å². The van der Waals surface area contributed by atoms with Crippen LogP contribution in [0.4, 0.5) is 0 Å². The molecule has 0 aliphatic rings. The summed E-state index contributed by atoms with van der Waals surface area (Å²) >= 11 is 6.63. The number of nitrogens with zero attached hydrogens (tertiary/aromatic N) is 5. The maximum Gasteiger partial charge on any atom is 0.253 e. The van der Waals surface area contributed by atoms with Crippen molar-refractivity contribution < 1.29 is 0 Å². The fraction of sp³-hybridized carbons (Fsp3) is 0.267. The Morgan fingerprint density at radius 3 is 2.45 bits per heavy atom. The first kappa shape index (κ1) is 25.8. The Hall–Kier alpha value is -3.81. The number of benzene rings is 3. The summed E-state index contributed by atoms with van der Waals surface area (Å²) in [6.07, 6.45) is 0. The van der Waals surface area contributed by atoms with Gasteiger partial charge in [-0.1, -0.05) is 72.3 Å². The van der Waals surface area contributed by atoms with Gasteiger partial charge in [-0.3, -0.25) is 9.69 Å². The fourth-order valence-electron chi connectivity index (χ4n) is 4.78. The number of aromatic amines is 1. The zero-order valence-corrected chi connectivity index (χ0v) is 22.8. The van der Waals surface area contributed by atoms with E-state index in [9.17, 15) is 4.79 Å². The molecule has 1 unspecified atom stereocenters. The second kappa shape index (κ2) is 10.5. The number of aromatic nitrogens is 5. The molecule has 0 saturated heterocycles. The van der Waals surface area contributed by atoms with Crippen LogP contribution in [0.2, 0.25) is 5.02 Å². The summed E-state index contributed by atoms with van der Waals surface area (Å²) in [6, 6.07) is 25.5. The largest absolute Gasteiger partial charge is 0.322 e. The molecule has 0 fully saturated rings. The van der Waals surface area contributed by atoms with Crippen molar-refractivity contribution in [1.82, 2.24) is 30.1 Å². The Balaban J connectivity index is 1.74. The first-order valence-corrected chi connectivity index (χ1v) is 13.0.